The Hall–Kier alpha value is -2.02. The molecule has 1 saturated heterocycles. The number of alkyl halides is 2. The van der Waals surface area contributed by atoms with Gasteiger partial charge in [0, 0.05) is 11.6 Å². The number of aromatic amines is 1. The number of hydrogen-bond acceptors (Lipinski definition) is 3. The standard InChI is InChI=1S/C13H13F2N5/c14-13(15)6-16-3-2-10(13)20-7-19-9-5-18-12-8(11(9)20)1-4-17-12/h1,4-5,7,10,16H,2-3,6H2,(H,17,18). The lowest BCUT2D eigenvalue weighted by atomic mass is 10.0. The first-order valence-corrected chi connectivity index (χ1v) is 6.54. The van der Waals surface area contributed by atoms with E-state index < -0.39 is 12.0 Å². The van der Waals surface area contributed by atoms with Crippen molar-refractivity contribution in [3.63, 3.8) is 0 Å². The van der Waals surface area contributed by atoms with Crippen LogP contribution in [0.4, 0.5) is 8.78 Å². The molecule has 0 spiro atoms. The summed E-state index contributed by atoms with van der Waals surface area (Å²) in [6, 6.07) is 0.983. The van der Waals surface area contributed by atoms with Gasteiger partial charge in [-0.15, -0.1) is 0 Å². The molecule has 1 fully saturated rings. The molecule has 4 heterocycles. The maximum absolute atomic E-state index is 14.2. The smallest absolute Gasteiger partial charge is 0.280 e. The molecule has 2 N–H and O–H groups in total. The summed E-state index contributed by atoms with van der Waals surface area (Å²) in [5, 5.41) is 3.57. The summed E-state index contributed by atoms with van der Waals surface area (Å²) in [6.45, 7) is 0.292. The molecule has 0 aliphatic carbocycles. The summed E-state index contributed by atoms with van der Waals surface area (Å²) in [5.74, 6) is -2.78. The predicted octanol–water partition coefficient (Wildman–Crippen LogP) is 2.08. The first-order valence-electron chi connectivity index (χ1n) is 6.54. The van der Waals surface area contributed by atoms with Crippen molar-refractivity contribution in [1.29, 1.82) is 0 Å². The predicted molar refractivity (Wildman–Crippen MR) is 70.9 cm³/mol. The van der Waals surface area contributed by atoms with Gasteiger partial charge in [-0.2, -0.15) is 0 Å². The Labute approximate surface area is 113 Å². The van der Waals surface area contributed by atoms with Crippen molar-refractivity contribution in [2.24, 2.45) is 0 Å². The van der Waals surface area contributed by atoms with Crippen LogP contribution < -0.4 is 5.32 Å². The van der Waals surface area contributed by atoms with Crippen LogP contribution in [0.1, 0.15) is 12.5 Å². The highest BCUT2D eigenvalue weighted by atomic mass is 19.3. The van der Waals surface area contributed by atoms with Crippen LogP contribution in [-0.2, 0) is 0 Å². The number of piperidine rings is 1. The van der Waals surface area contributed by atoms with E-state index in [4.69, 9.17) is 0 Å². The molecule has 1 aliphatic heterocycles. The summed E-state index contributed by atoms with van der Waals surface area (Å²) in [6.07, 6.45) is 5.26. The third-order valence-electron chi connectivity index (χ3n) is 3.90. The minimum atomic E-state index is -2.78. The molecule has 1 unspecified atom stereocenters. The van der Waals surface area contributed by atoms with Crippen LogP contribution in [0, 0.1) is 0 Å². The van der Waals surface area contributed by atoms with Gasteiger partial charge in [-0.3, -0.25) is 0 Å². The highest BCUT2D eigenvalue weighted by Crippen LogP contribution is 2.36. The summed E-state index contributed by atoms with van der Waals surface area (Å²) in [7, 11) is 0. The Balaban J connectivity index is 1.97. The van der Waals surface area contributed by atoms with Crippen molar-refractivity contribution in [3.8, 4) is 0 Å². The van der Waals surface area contributed by atoms with Crippen LogP contribution in [0.25, 0.3) is 22.1 Å². The number of rotatable bonds is 1. The van der Waals surface area contributed by atoms with Gasteiger partial charge in [0.1, 0.15) is 17.2 Å². The molecule has 7 heteroatoms. The van der Waals surface area contributed by atoms with Gasteiger partial charge < -0.3 is 14.9 Å². The zero-order valence-corrected chi connectivity index (χ0v) is 10.6. The van der Waals surface area contributed by atoms with Gasteiger partial charge in [0.15, 0.2) is 0 Å². The first kappa shape index (κ1) is 11.8. The molecule has 0 saturated carbocycles. The van der Waals surface area contributed by atoms with Crippen molar-refractivity contribution in [2.75, 3.05) is 13.1 Å². The Morgan fingerprint density at radius 1 is 1.35 bits per heavy atom. The number of H-pyrrole nitrogens is 1. The fourth-order valence-corrected chi connectivity index (χ4v) is 2.93. The highest BCUT2D eigenvalue weighted by Gasteiger charge is 2.43. The Kier molecular flexibility index (Phi) is 2.35. The molecule has 104 valence electrons. The van der Waals surface area contributed by atoms with Gasteiger partial charge in [0.25, 0.3) is 5.92 Å². The topological polar surface area (TPSA) is 58.5 Å². The number of imidazole rings is 1. The molecule has 0 aromatic carbocycles. The molecule has 1 aliphatic rings. The lowest BCUT2D eigenvalue weighted by Crippen LogP contribution is -2.46. The summed E-state index contributed by atoms with van der Waals surface area (Å²) < 4.78 is 29.9. The quantitative estimate of drug-likeness (QED) is 0.716. The molecule has 0 amide bonds. The lowest BCUT2D eigenvalue weighted by Gasteiger charge is -2.33. The van der Waals surface area contributed by atoms with Crippen LogP contribution in [-0.4, -0.2) is 38.5 Å². The highest BCUT2D eigenvalue weighted by molar-refractivity contribution is 6.00. The zero-order chi connectivity index (χ0) is 13.7. The molecule has 0 radical (unpaired) electrons. The maximum Gasteiger partial charge on any atom is 0.280 e. The molecule has 0 bridgehead atoms. The summed E-state index contributed by atoms with van der Waals surface area (Å²) >= 11 is 0. The molecular weight excluding hydrogens is 264 g/mol. The van der Waals surface area contributed by atoms with E-state index in [9.17, 15) is 8.78 Å². The third kappa shape index (κ3) is 1.56. The molecule has 1 atom stereocenters. The summed E-state index contributed by atoms with van der Waals surface area (Å²) in [4.78, 5) is 11.5. The Bertz CT molecular complexity index is 775. The fraction of sp³-hybridized carbons (Fsp3) is 0.385. The maximum atomic E-state index is 14.2. The van der Waals surface area contributed by atoms with Crippen LogP contribution in [0.5, 0.6) is 0 Å². The van der Waals surface area contributed by atoms with Gasteiger partial charge in [-0.25, -0.2) is 18.7 Å². The number of aromatic nitrogens is 4. The van der Waals surface area contributed by atoms with Gasteiger partial charge in [0.2, 0.25) is 0 Å². The number of nitrogens with zero attached hydrogens (tertiary/aromatic N) is 3. The molecule has 20 heavy (non-hydrogen) atoms. The Morgan fingerprint density at radius 3 is 3.10 bits per heavy atom. The molecule has 3 aromatic heterocycles. The first-order chi connectivity index (χ1) is 9.67. The number of fused-ring (bicyclic) bond motifs is 3. The average Bonchev–Trinajstić information content (AvgIpc) is 3.03. The number of hydrogen-bond donors (Lipinski definition) is 2. The van der Waals surface area contributed by atoms with Gasteiger partial charge in [-0.05, 0) is 19.0 Å². The van der Waals surface area contributed by atoms with E-state index in [0.29, 0.717) is 24.1 Å². The van der Waals surface area contributed by atoms with Crippen molar-refractivity contribution in [2.45, 2.75) is 18.4 Å². The van der Waals surface area contributed by atoms with Gasteiger partial charge in [0.05, 0.1) is 24.6 Å². The van der Waals surface area contributed by atoms with E-state index in [2.05, 4.69) is 20.3 Å². The van der Waals surface area contributed by atoms with Crippen LogP contribution in [0.15, 0.2) is 24.8 Å². The second-order valence-corrected chi connectivity index (χ2v) is 5.13. The molecule has 5 nitrogen and oxygen atoms in total. The number of halogens is 2. The van der Waals surface area contributed by atoms with E-state index >= 15 is 0 Å². The van der Waals surface area contributed by atoms with Crippen molar-refractivity contribution in [1.82, 2.24) is 24.8 Å². The summed E-state index contributed by atoms with van der Waals surface area (Å²) in [5.41, 5.74) is 2.06. The lowest BCUT2D eigenvalue weighted by molar-refractivity contribution is -0.0645. The second kappa shape index (κ2) is 3.99. The largest absolute Gasteiger partial charge is 0.346 e. The average molecular weight is 277 g/mol. The molecule has 3 aromatic rings. The minimum Gasteiger partial charge on any atom is -0.346 e. The third-order valence-corrected chi connectivity index (χ3v) is 3.90. The zero-order valence-electron chi connectivity index (χ0n) is 10.6. The van der Waals surface area contributed by atoms with Crippen molar-refractivity contribution in [3.05, 3.63) is 24.8 Å². The SMILES string of the molecule is FC1(F)CNCCC1n1cnc2cnc3[nH]ccc3c21. The van der Waals surface area contributed by atoms with Crippen molar-refractivity contribution >= 4 is 22.1 Å². The van der Waals surface area contributed by atoms with E-state index in [1.54, 1.807) is 17.0 Å². The molecule has 4 rings (SSSR count). The van der Waals surface area contributed by atoms with E-state index in [-0.39, 0.29) is 6.54 Å². The van der Waals surface area contributed by atoms with Crippen LogP contribution in [0.3, 0.4) is 0 Å². The van der Waals surface area contributed by atoms with E-state index in [0.717, 1.165) is 10.9 Å². The van der Waals surface area contributed by atoms with Crippen molar-refractivity contribution < 1.29 is 8.78 Å². The van der Waals surface area contributed by atoms with E-state index in [1.165, 1.54) is 6.33 Å². The fourth-order valence-electron chi connectivity index (χ4n) is 2.93. The normalized spacial score (nSPS) is 22.6. The molecular formula is C13H13F2N5. The Morgan fingerprint density at radius 2 is 2.25 bits per heavy atom. The van der Waals surface area contributed by atoms with Gasteiger partial charge >= 0.3 is 0 Å². The van der Waals surface area contributed by atoms with Crippen LogP contribution in [0.2, 0.25) is 0 Å². The van der Waals surface area contributed by atoms with Crippen LogP contribution >= 0.6 is 0 Å². The number of nitrogens with one attached hydrogen (secondary N) is 2. The van der Waals surface area contributed by atoms with Gasteiger partial charge in [-0.1, -0.05) is 0 Å². The monoisotopic (exact) mass is 277 g/mol. The minimum absolute atomic E-state index is 0.293. The van der Waals surface area contributed by atoms with E-state index in [1.807, 2.05) is 6.07 Å². The second-order valence-electron chi connectivity index (χ2n) is 5.13. The number of pyridine rings is 1.